The van der Waals surface area contributed by atoms with Crippen molar-refractivity contribution in [2.75, 3.05) is 11.2 Å². The maximum atomic E-state index is 10.6. The van der Waals surface area contributed by atoms with E-state index in [1.165, 1.54) is 6.33 Å². The summed E-state index contributed by atoms with van der Waals surface area (Å²) >= 11 is 0. The molecule has 13 heteroatoms. The minimum Gasteiger partial charge on any atom is -0.475 e. The molecule has 4 rings (SSSR count). The Labute approximate surface area is 178 Å². The molecule has 0 unspecified atom stereocenters. The average molecular weight is 444 g/mol. The number of nitrogens with zero attached hydrogens (tertiary/aromatic N) is 6. The molecule has 4 N–H and O–H groups in total. The smallest absolute Gasteiger partial charge is 0.475 e. The molecule has 0 atom stereocenters. The summed E-state index contributed by atoms with van der Waals surface area (Å²) in [7, 11) is 0. The van der Waals surface area contributed by atoms with E-state index in [9.17, 15) is 13.2 Å². The predicted octanol–water partition coefficient (Wildman–Crippen LogP) is 2.87. The van der Waals surface area contributed by atoms with E-state index in [4.69, 9.17) is 15.6 Å². The van der Waals surface area contributed by atoms with Gasteiger partial charge >= 0.3 is 12.1 Å². The Hall–Kier alpha value is -4.55. The van der Waals surface area contributed by atoms with Gasteiger partial charge in [-0.05, 0) is 24.3 Å². The second-order valence-electron chi connectivity index (χ2n) is 6.04. The number of hydrazone groups is 1. The minimum absolute atomic E-state index is 0.468. The van der Waals surface area contributed by atoms with Crippen molar-refractivity contribution >= 4 is 34.9 Å². The summed E-state index contributed by atoms with van der Waals surface area (Å²) in [5.74, 6) is -1.71. The van der Waals surface area contributed by atoms with Gasteiger partial charge in [-0.1, -0.05) is 18.2 Å². The highest BCUT2D eigenvalue weighted by Crippen LogP contribution is 2.21. The van der Waals surface area contributed by atoms with E-state index >= 15 is 0 Å². The molecule has 0 amide bonds. The fourth-order valence-corrected chi connectivity index (χ4v) is 2.35. The number of nitrogen functional groups attached to an aromatic ring is 1. The third-order valence-electron chi connectivity index (χ3n) is 3.80. The summed E-state index contributed by atoms with van der Waals surface area (Å²) in [6.45, 7) is 0. The van der Waals surface area contributed by atoms with Crippen molar-refractivity contribution in [3.05, 3.63) is 66.7 Å². The van der Waals surface area contributed by atoms with Gasteiger partial charge in [0.15, 0.2) is 11.5 Å². The van der Waals surface area contributed by atoms with E-state index in [1.807, 2.05) is 36.4 Å². The second-order valence-corrected chi connectivity index (χ2v) is 6.04. The molecule has 0 saturated heterocycles. The number of fused-ring (bicyclic) bond motifs is 1. The standard InChI is InChI=1S/C17H14N8.C2HF3O2/c18-15-7-6-12(8-19-15)9-22-24-16-14-10-23-25(17(14)21-11-20-16)13-4-2-1-3-5-13;3-2(4,5)1(6)7/h1-11H,(H2,18,19)(H,20,21,24);(H,6,7). The van der Waals surface area contributed by atoms with Gasteiger partial charge in [-0.2, -0.15) is 23.4 Å². The first-order valence-corrected chi connectivity index (χ1v) is 8.80. The number of hydrogen-bond donors (Lipinski definition) is 3. The average Bonchev–Trinajstić information content (AvgIpc) is 3.21. The quantitative estimate of drug-likeness (QED) is 0.322. The first-order valence-electron chi connectivity index (χ1n) is 8.80. The van der Waals surface area contributed by atoms with E-state index in [2.05, 4.69) is 30.6 Å². The Morgan fingerprint density at radius 1 is 1.09 bits per heavy atom. The summed E-state index contributed by atoms with van der Waals surface area (Å²) in [4.78, 5) is 21.5. The number of para-hydroxylation sites is 1. The van der Waals surface area contributed by atoms with Crippen LogP contribution in [-0.2, 0) is 4.79 Å². The zero-order chi connectivity index (χ0) is 23.1. The zero-order valence-electron chi connectivity index (χ0n) is 16.1. The lowest BCUT2D eigenvalue weighted by atomic mass is 10.3. The van der Waals surface area contributed by atoms with Crippen LogP contribution in [0.25, 0.3) is 16.7 Å². The van der Waals surface area contributed by atoms with E-state index in [-0.39, 0.29) is 0 Å². The largest absolute Gasteiger partial charge is 0.490 e. The van der Waals surface area contributed by atoms with Crippen LogP contribution in [0.4, 0.5) is 24.8 Å². The third-order valence-corrected chi connectivity index (χ3v) is 3.80. The fourth-order valence-electron chi connectivity index (χ4n) is 2.35. The lowest BCUT2D eigenvalue weighted by Gasteiger charge is -2.03. The van der Waals surface area contributed by atoms with Crippen molar-refractivity contribution < 1.29 is 23.1 Å². The lowest BCUT2D eigenvalue weighted by Crippen LogP contribution is -2.21. The number of anilines is 2. The number of carbonyl (C=O) groups is 1. The number of hydrogen-bond acceptors (Lipinski definition) is 8. The van der Waals surface area contributed by atoms with E-state index in [0.29, 0.717) is 17.3 Å². The topological polar surface area (TPSA) is 144 Å². The van der Waals surface area contributed by atoms with Gasteiger partial charge in [-0.25, -0.2) is 24.4 Å². The Bertz CT molecular complexity index is 1230. The summed E-state index contributed by atoms with van der Waals surface area (Å²) in [6, 6.07) is 13.3. The Kier molecular flexibility index (Phi) is 6.58. The molecule has 0 radical (unpaired) electrons. The monoisotopic (exact) mass is 444 g/mol. The molecule has 3 heterocycles. The third kappa shape index (κ3) is 5.53. The second kappa shape index (κ2) is 9.51. The first-order chi connectivity index (χ1) is 15.3. The van der Waals surface area contributed by atoms with Crippen molar-refractivity contribution in [2.24, 2.45) is 5.10 Å². The van der Waals surface area contributed by atoms with Gasteiger partial charge in [0.1, 0.15) is 12.1 Å². The number of rotatable bonds is 4. The van der Waals surface area contributed by atoms with Crippen LogP contribution >= 0.6 is 0 Å². The molecule has 0 aliphatic carbocycles. The summed E-state index contributed by atoms with van der Waals surface area (Å²) in [5.41, 5.74) is 10.9. The Morgan fingerprint density at radius 2 is 1.81 bits per heavy atom. The van der Waals surface area contributed by atoms with Gasteiger partial charge in [0.2, 0.25) is 0 Å². The minimum atomic E-state index is -5.08. The van der Waals surface area contributed by atoms with Gasteiger partial charge in [0.25, 0.3) is 0 Å². The molecular formula is C19H15F3N8O2. The first kappa shape index (κ1) is 22.1. The zero-order valence-corrected chi connectivity index (χ0v) is 16.1. The predicted molar refractivity (Wildman–Crippen MR) is 110 cm³/mol. The molecule has 164 valence electrons. The molecule has 0 bridgehead atoms. The number of halogens is 3. The fraction of sp³-hybridized carbons (Fsp3) is 0.0526. The lowest BCUT2D eigenvalue weighted by molar-refractivity contribution is -0.192. The van der Waals surface area contributed by atoms with E-state index in [0.717, 1.165) is 16.6 Å². The Balaban J connectivity index is 0.000000360. The highest BCUT2D eigenvalue weighted by atomic mass is 19.4. The number of aliphatic carboxylic acids is 1. The highest BCUT2D eigenvalue weighted by Gasteiger charge is 2.38. The molecule has 0 aliphatic rings. The van der Waals surface area contributed by atoms with Crippen LogP contribution in [0.5, 0.6) is 0 Å². The molecule has 4 aromatic rings. The van der Waals surface area contributed by atoms with Gasteiger partial charge < -0.3 is 10.8 Å². The molecule has 0 aliphatic heterocycles. The van der Waals surface area contributed by atoms with Gasteiger partial charge in [0, 0.05) is 11.8 Å². The van der Waals surface area contributed by atoms with Crippen LogP contribution in [0, 0.1) is 0 Å². The number of alkyl halides is 3. The molecule has 3 aromatic heterocycles. The number of carboxylic acids is 1. The maximum Gasteiger partial charge on any atom is 0.490 e. The van der Waals surface area contributed by atoms with Crippen LogP contribution in [0.2, 0.25) is 0 Å². The van der Waals surface area contributed by atoms with Crippen molar-refractivity contribution in [1.29, 1.82) is 0 Å². The van der Waals surface area contributed by atoms with Gasteiger partial charge in [0.05, 0.1) is 23.5 Å². The van der Waals surface area contributed by atoms with Crippen LogP contribution in [0.15, 0.2) is 66.3 Å². The normalized spacial score (nSPS) is 11.2. The number of nitrogens with one attached hydrogen (secondary N) is 1. The number of pyridine rings is 1. The van der Waals surface area contributed by atoms with Crippen molar-refractivity contribution in [1.82, 2.24) is 24.7 Å². The summed E-state index contributed by atoms with van der Waals surface area (Å²) < 4.78 is 33.5. The number of aromatic nitrogens is 5. The number of nitrogens with two attached hydrogens (primary N) is 1. The molecule has 0 spiro atoms. The van der Waals surface area contributed by atoms with Crippen molar-refractivity contribution in [3.8, 4) is 5.69 Å². The van der Waals surface area contributed by atoms with Crippen LogP contribution in [0.1, 0.15) is 5.56 Å². The van der Waals surface area contributed by atoms with Crippen molar-refractivity contribution in [2.45, 2.75) is 6.18 Å². The molecule has 1 aromatic carbocycles. The van der Waals surface area contributed by atoms with E-state index < -0.39 is 12.1 Å². The SMILES string of the molecule is Nc1ccc(C=NNc2ncnc3c2cnn3-c2ccccc2)cn1.O=C(O)C(F)(F)F. The summed E-state index contributed by atoms with van der Waals surface area (Å²) in [6.07, 6.45) is 1.39. The maximum absolute atomic E-state index is 10.6. The molecule has 0 saturated carbocycles. The highest BCUT2D eigenvalue weighted by molar-refractivity contribution is 5.88. The van der Waals surface area contributed by atoms with Crippen LogP contribution in [-0.4, -0.2) is 48.2 Å². The number of benzene rings is 1. The molecule has 0 fully saturated rings. The summed E-state index contributed by atoms with van der Waals surface area (Å²) in [5, 5.41) is 16.5. The van der Waals surface area contributed by atoms with E-state index in [1.54, 1.807) is 29.4 Å². The molecule has 32 heavy (non-hydrogen) atoms. The van der Waals surface area contributed by atoms with Crippen LogP contribution in [0.3, 0.4) is 0 Å². The van der Waals surface area contributed by atoms with Gasteiger partial charge in [-0.3, -0.25) is 5.43 Å². The molecule has 10 nitrogen and oxygen atoms in total. The van der Waals surface area contributed by atoms with Crippen molar-refractivity contribution in [3.63, 3.8) is 0 Å². The van der Waals surface area contributed by atoms with Gasteiger partial charge in [-0.15, -0.1) is 0 Å². The van der Waals surface area contributed by atoms with Crippen LogP contribution < -0.4 is 11.2 Å². The molecular weight excluding hydrogens is 429 g/mol. The Morgan fingerprint density at radius 3 is 2.44 bits per heavy atom. The number of carboxylic acid groups (broad SMARTS) is 1.